The van der Waals surface area contributed by atoms with Gasteiger partial charge in [-0.15, -0.1) is 0 Å². The predicted octanol–water partition coefficient (Wildman–Crippen LogP) is 2.32. The number of hydrogen-bond donors (Lipinski definition) is 2. The van der Waals surface area contributed by atoms with Crippen LogP contribution in [0.5, 0.6) is 0 Å². The summed E-state index contributed by atoms with van der Waals surface area (Å²) in [5.74, 6) is -1.89. The van der Waals surface area contributed by atoms with Crippen molar-refractivity contribution in [3.63, 3.8) is 0 Å². The van der Waals surface area contributed by atoms with Gasteiger partial charge in [0.1, 0.15) is 23.5 Å². The molecule has 0 saturated heterocycles. The lowest BCUT2D eigenvalue weighted by Crippen LogP contribution is -2.08. The van der Waals surface area contributed by atoms with E-state index in [2.05, 4.69) is 10.3 Å². The Morgan fingerprint density at radius 3 is 2.67 bits per heavy atom. The van der Waals surface area contributed by atoms with Crippen molar-refractivity contribution < 1.29 is 22.7 Å². The summed E-state index contributed by atoms with van der Waals surface area (Å²) in [5, 5.41) is 12.0. The summed E-state index contributed by atoms with van der Waals surface area (Å²) in [6.07, 6.45) is 3.90. The Morgan fingerprint density at radius 1 is 1.29 bits per heavy atom. The Balaban J connectivity index is 2.12. The van der Waals surface area contributed by atoms with Gasteiger partial charge in [-0.25, -0.2) is 22.6 Å². The molecule has 24 heavy (non-hydrogen) atoms. The van der Waals surface area contributed by atoms with Gasteiger partial charge in [0.15, 0.2) is 9.84 Å². The molecule has 0 bridgehead atoms. The topological polar surface area (TPSA) is 101 Å². The van der Waals surface area contributed by atoms with Gasteiger partial charge in [0.2, 0.25) is 0 Å². The maximum atomic E-state index is 14.2. The van der Waals surface area contributed by atoms with Gasteiger partial charge in [-0.2, -0.15) is 0 Å². The molecule has 3 rings (SSSR count). The molecule has 0 aliphatic heterocycles. The number of imidazole rings is 1. The number of carboxylic acid groups (broad SMARTS) is 1. The summed E-state index contributed by atoms with van der Waals surface area (Å²) in [4.78, 5) is 15.2. The van der Waals surface area contributed by atoms with E-state index in [1.807, 2.05) is 0 Å². The van der Waals surface area contributed by atoms with Crippen molar-refractivity contribution in [1.82, 2.24) is 9.38 Å². The molecule has 0 unspecified atom stereocenters. The number of hydrogen-bond acceptors (Lipinski definition) is 5. The predicted molar refractivity (Wildman–Crippen MR) is 84.9 cm³/mol. The fraction of sp³-hybridized carbons (Fsp3) is 0.0667. The summed E-state index contributed by atoms with van der Waals surface area (Å²) < 4.78 is 38.6. The van der Waals surface area contributed by atoms with Crippen LogP contribution in [-0.2, 0) is 9.84 Å². The highest BCUT2D eigenvalue weighted by Crippen LogP contribution is 2.26. The number of sulfone groups is 1. The van der Waals surface area contributed by atoms with Crippen LogP contribution in [0.15, 0.2) is 47.8 Å². The van der Waals surface area contributed by atoms with Crippen LogP contribution in [0.25, 0.3) is 5.52 Å². The van der Waals surface area contributed by atoms with E-state index in [4.69, 9.17) is 0 Å². The number of aromatic nitrogens is 2. The van der Waals surface area contributed by atoms with Crippen LogP contribution in [0.4, 0.5) is 15.9 Å². The van der Waals surface area contributed by atoms with Crippen molar-refractivity contribution in [3.8, 4) is 0 Å². The van der Waals surface area contributed by atoms with E-state index in [-0.39, 0.29) is 22.0 Å². The van der Waals surface area contributed by atoms with Gasteiger partial charge in [0.05, 0.1) is 22.3 Å². The molecule has 0 radical (unpaired) electrons. The first-order valence-electron chi connectivity index (χ1n) is 6.72. The number of anilines is 2. The highest BCUT2D eigenvalue weighted by Gasteiger charge is 2.17. The van der Waals surface area contributed by atoms with Crippen LogP contribution < -0.4 is 5.32 Å². The van der Waals surface area contributed by atoms with Gasteiger partial charge >= 0.3 is 5.97 Å². The molecule has 0 saturated carbocycles. The third-order valence-electron chi connectivity index (χ3n) is 3.44. The molecule has 2 N–H and O–H groups in total. The zero-order valence-corrected chi connectivity index (χ0v) is 13.2. The highest BCUT2D eigenvalue weighted by molar-refractivity contribution is 7.90. The fourth-order valence-electron chi connectivity index (χ4n) is 2.25. The second-order valence-corrected chi connectivity index (χ2v) is 7.14. The molecule has 9 heteroatoms. The molecule has 0 spiro atoms. The Hall–Kier alpha value is -2.94. The minimum absolute atomic E-state index is 0.0499. The monoisotopic (exact) mass is 349 g/mol. The Labute approximate surface area is 136 Å². The van der Waals surface area contributed by atoms with Gasteiger partial charge in [0.25, 0.3) is 0 Å². The lowest BCUT2D eigenvalue weighted by molar-refractivity contribution is 0.0697. The van der Waals surface area contributed by atoms with Crippen molar-refractivity contribution in [1.29, 1.82) is 0 Å². The standard InChI is InChI=1S/C15H12FN3O4S/c1-24(22,23)10-3-5-13(12(16)6-10)18-14-11(15(20)21)4-2-9-7-17-8-19(9)14/h2-8,18H,1H3,(H,20,21). The number of pyridine rings is 1. The summed E-state index contributed by atoms with van der Waals surface area (Å²) in [5.41, 5.74) is 0.494. The average molecular weight is 349 g/mol. The maximum Gasteiger partial charge on any atom is 0.339 e. The number of fused-ring (bicyclic) bond motifs is 1. The van der Waals surface area contributed by atoms with E-state index >= 15 is 0 Å². The number of rotatable bonds is 4. The first kappa shape index (κ1) is 15.9. The molecule has 0 amide bonds. The molecule has 0 aliphatic rings. The van der Waals surface area contributed by atoms with Crippen LogP contribution in [0.1, 0.15) is 10.4 Å². The van der Waals surface area contributed by atoms with Gasteiger partial charge in [0, 0.05) is 6.26 Å². The SMILES string of the molecule is CS(=O)(=O)c1ccc(Nc2c(C(=O)O)ccc3cncn23)c(F)c1. The first-order valence-corrected chi connectivity index (χ1v) is 8.61. The molecule has 2 heterocycles. The number of nitrogens with one attached hydrogen (secondary N) is 1. The van der Waals surface area contributed by atoms with Gasteiger partial charge in [-0.3, -0.25) is 4.40 Å². The van der Waals surface area contributed by atoms with E-state index in [9.17, 15) is 22.7 Å². The molecule has 7 nitrogen and oxygen atoms in total. The second kappa shape index (κ2) is 5.60. The third-order valence-corrected chi connectivity index (χ3v) is 4.55. The summed E-state index contributed by atoms with van der Waals surface area (Å²) in [6.45, 7) is 0. The summed E-state index contributed by atoms with van der Waals surface area (Å²) in [6, 6.07) is 6.32. The molecule has 2 aromatic heterocycles. The van der Waals surface area contributed by atoms with E-state index in [1.165, 1.54) is 35.1 Å². The minimum atomic E-state index is -3.54. The number of carboxylic acids is 1. The van der Waals surface area contributed by atoms with Gasteiger partial charge in [-0.1, -0.05) is 0 Å². The lowest BCUT2D eigenvalue weighted by Gasteiger charge is -2.13. The summed E-state index contributed by atoms with van der Waals surface area (Å²) in [7, 11) is -3.54. The summed E-state index contributed by atoms with van der Waals surface area (Å²) >= 11 is 0. The maximum absolute atomic E-state index is 14.2. The third kappa shape index (κ3) is 2.81. The Bertz CT molecular complexity index is 1060. The normalized spacial score (nSPS) is 11.6. The zero-order valence-electron chi connectivity index (χ0n) is 12.4. The Kier molecular flexibility index (Phi) is 3.72. The van der Waals surface area contributed by atoms with Crippen molar-refractivity contribution in [2.45, 2.75) is 4.90 Å². The van der Waals surface area contributed by atoms with Crippen LogP contribution in [-0.4, -0.2) is 35.1 Å². The number of benzene rings is 1. The Morgan fingerprint density at radius 2 is 2.04 bits per heavy atom. The number of carbonyl (C=O) groups is 1. The van der Waals surface area contributed by atoms with Crippen LogP contribution in [0, 0.1) is 5.82 Å². The van der Waals surface area contributed by atoms with Gasteiger partial charge < -0.3 is 10.4 Å². The average Bonchev–Trinajstić information content (AvgIpc) is 2.97. The molecule has 0 aliphatic carbocycles. The molecular weight excluding hydrogens is 337 g/mol. The highest BCUT2D eigenvalue weighted by atomic mass is 32.2. The molecule has 3 aromatic rings. The molecule has 124 valence electrons. The zero-order chi connectivity index (χ0) is 17.5. The van der Waals surface area contributed by atoms with Crippen molar-refractivity contribution in [2.24, 2.45) is 0 Å². The number of halogens is 1. The second-order valence-electron chi connectivity index (χ2n) is 5.13. The molecular formula is C15H12FN3O4S. The van der Waals surface area contributed by atoms with E-state index in [0.29, 0.717) is 5.52 Å². The van der Waals surface area contributed by atoms with Crippen LogP contribution in [0.2, 0.25) is 0 Å². The number of nitrogens with zero attached hydrogens (tertiary/aromatic N) is 2. The number of aromatic carboxylic acids is 1. The van der Waals surface area contributed by atoms with E-state index < -0.39 is 21.6 Å². The van der Waals surface area contributed by atoms with E-state index in [1.54, 1.807) is 6.07 Å². The van der Waals surface area contributed by atoms with Crippen molar-refractivity contribution >= 4 is 32.8 Å². The van der Waals surface area contributed by atoms with Crippen molar-refractivity contribution in [2.75, 3.05) is 11.6 Å². The van der Waals surface area contributed by atoms with Crippen LogP contribution >= 0.6 is 0 Å². The van der Waals surface area contributed by atoms with Crippen molar-refractivity contribution in [3.05, 3.63) is 54.2 Å². The van der Waals surface area contributed by atoms with E-state index in [0.717, 1.165) is 12.3 Å². The molecule has 0 fully saturated rings. The van der Waals surface area contributed by atoms with Crippen LogP contribution in [0.3, 0.4) is 0 Å². The quantitative estimate of drug-likeness (QED) is 0.750. The smallest absolute Gasteiger partial charge is 0.339 e. The molecule has 0 atom stereocenters. The first-order chi connectivity index (χ1) is 11.3. The molecule has 1 aromatic carbocycles. The minimum Gasteiger partial charge on any atom is -0.478 e. The fourth-order valence-corrected chi connectivity index (χ4v) is 2.88. The lowest BCUT2D eigenvalue weighted by atomic mass is 10.2. The van der Waals surface area contributed by atoms with Gasteiger partial charge in [-0.05, 0) is 30.3 Å². The largest absolute Gasteiger partial charge is 0.478 e.